The van der Waals surface area contributed by atoms with Gasteiger partial charge in [-0.25, -0.2) is 0 Å². The summed E-state index contributed by atoms with van der Waals surface area (Å²) < 4.78 is 16.9. The molecular formula is C72H122O6. The van der Waals surface area contributed by atoms with Gasteiger partial charge in [0.1, 0.15) is 13.2 Å². The molecule has 0 radical (unpaired) electrons. The number of hydrogen-bond donors (Lipinski definition) is 0. The molecule has 0 saturated heterocycles. The van der Waals surface area contributed by atoms with Crippen LogP contribution in [0.2, 0.25) is 0 Å². The van der Waals surface area contributed by atoms with Crippen LogP contribution in [0.5, 0.6) is 0 Å². The Kier molecular flexibility index (Phi) is 62.3. The van der Waals surface area contributed by atoms with E-state index in [9.17, 15) is 14.4 Å². The molecule has 0 amide bonds. The van der Waals surface area contributed by atoms with Gasteiger partial charge in [0.2, 0.25) is 0 Å². The minimum Gasteiger partial charge on any atom is -0.462 e. The first-order chi connectivity index (χ1) is 38.5. The molecule has 0 aliphatic rings. The van der Waals surface area contributed by atoms with Crippen molar-refractivity contribution in [3.05, 3.63) is 109 Å². The maximum atomic E-state index is 12.9. The average Bonchev–Trinajstić information content (AvgIpc) is 3.44. The van der Waals surface area contributed by atoms with Gasteiger partial charge in [0.05, 0.1) is 0 Å². The fourth-order valence-corrected chi connectivity index (χ4v) is 9.06. The Morgan fingerprint density at radius 3 is 0.808 bits per heavy atom. The molecule has 0 fully saturated rings. The number of hydrogen-bond acceptors (Lipinski definition) is 6. The van der Waals surface area contributed by atoms with E-state index in [0.717, 1.165) is 128 Å². The zero-order valence-electron chi connectivity index (χ0n) is 51.2. The first-order valence-corrected chi connectivity index (χ1v) is 32.9. The Balaban J connectivity index is 4.40. The highest BCUT2D eigenvalue weighted by atomic mass is 16.6. The SMILES string of the molecule is CC/C=C\C/C=C\C/C=C\C/C=C\C/C=C\CCCCCC(=O)OC(COC(=O)CCCCCCC/C=C\C/C=C\CCCCCC)COC(=O)CCCCCCCCCCCCCCC/C=C\C/C=C\CCCCCCC. The van der Waals surface area contributed by atoms with Gasteiger partial charge in [-0.1, -0.05) is 271 Å². The summed E-state index contributed by atoms with van der Waals surface area (Å²) in [5, 5.41) is 0. The van der Waals surface area contributed by atoms with Crippen LogP contribution in [0.1, 0.15) is 310 Å². The van der Waals surface area contributed by atoms with Gasteiger partial charge < -0.3 is 14.2 Å². The molecule has 0 aromatic heterocycles. The lowest BCUT2D eigenvalue weighted by Crippen LogP contribution is -2.30. The van der Waals surface area contributed by atoms with Gasteiger partial charge in [-0.05, 0) is 128 Å². The molecule has 0 aliphatic heterocycles. The molecule has 0 spiro atoms. The van der Waals surface area contributed by atoms with Crippen molar-refractivity contribution in [2.45, 2.75) is 316 Å². The minimum atomic E-state index is -0.805. The van der Waals surface area contributed by atoms with Gasteiger partial charge in [-0.15, -0.1) is 0 Å². The molecule has 0 saturated carbocycles. The number of rotatable bonds is 59. The topological polar surface area (TPSA) is 78.9 Å². The smallest absolute Gasteiger partial charge is 0.306 e. The normalized spacial score (nSPS) is 12.8. The van der Waals surface area contributed by atoms with E-state index in [2.05, 4.69) is 130 Å². The summed E-state index contributed by atoms with van der Waals surface area (Å²) in [6, 6.07) is 0. The Labute approximate surface area is 482 Å². The molecule has 1 unspecified atom stereocenters. The Morgan fingerprint density at radius 1 is 0.269 bits per heavy atom. The van der Waals surface area contributed by atoms with Gasteiger partial charge in [0, 0.05) is 19.3 Å². The number of carbonyl (C=O) groups is 3. The van der Waals surface area contributed by atoms with E-state index < -0.39 is 6.10 Å². The zero-order chi connectivity index (χ0) is 56.4. The Hall–Kier alpha value is -3.93. The summed E-state index contributed by atoms with van der Waals surface area (Å²) in [7, 11) is 0. The second-order valence-electron chi connectivity index (χ2n) is 21.6. The molecule has 0 bridgehead atoms. The summed E-state index contributed by atoms with van der Waals surface area (Å²) in [6.07, 6.45) is 89.5. The third kappa shape index (κ3) is 62.9. The summed E-state index contributed by atoms with van der Waals surface area (Å²) in [5.41, 5.74) is 0. The van der Waals surface area contributed by atoms with Crippen molar-refractivity contribution in [2.75, 3.05) is 13.2 Å². The molecule has 6 nitrogen and oxygen atoms in total. The first-order valence-electron chi connectivity index (χ1n) is 32.9. The molecule has 0 aliphatic carbocycles. The van der Waals surface area contributed by atoms with Crippen molar-refractivity contribution in [1.82, 2.24) is 0 Å². The summed E-state index contributed by atoms with van der Waals surface area (Å²) in [6.45, 7) is 6.48. The molecule has 78 heavy (non-hydrogen) atoms. The van der Waals surface area contributed by atoms with Crippen molar-refractivity contribution in [3.63, 3.8) is 0 Å². The van der Waals surface area contributed by atoms with Crippen LogP contribution in [-0.4, -0.2) is 37.2 Å². The lowest BCUT2D eigenvalue weighted by molar-refractivity contribution is -0.167. The van der Waals surface area contributed by atoms with Gasteiger partial charge in [-0.3, -0.25) is 14.4 Å². The average molecular weight is 1080 g/mol. The van der Waals surface area contributed by atoms with Gasteiger partial charge >= 0.3 is 17.9 Å². The van der Waals surface area contributed by atoms with Crippen LogP contribution in [0.4, 0.5) is 0 Å². The number of carbonyl (C=O) groups excluding carboxylic acids is 3. The fraction of sp³-hybridized carbons (Fsp3) is 0.708. The van der Waals surface area contributed by atoms with Crippen LogP contribution >= 0.6 is 0 Å². The van der Waals surface area contributed by atoms with E-state index >= 15 is 0 Å². The highest BCUT2D eigenvalue weighted by Crippen LogP contribution is 2.16. The van der Waals surface area contributed by atoms with Crippen LogP contribution in [0.25, 0.3) is 0 Å². The largest absolute Gasteiger partial charge is 0.462 e. The van der Waals surface area contributed by atoms with E-state index in [1.807, 2.05) is 0 Å². The molecule has 0 N–H and O–H groups in total. The number of allylic oxidation sites excluding steroid dienone is 18. The fourth-order valence-electron chi connectivity index (χ4n) is 9.06. The van der Waals surface area contributed by atoms with Crippen molar-refractivity contribution in [3.8, 4) is 0 Å². The maximum absolute atomic E-state index is 12.9. The van der Waals surface area contributed by atoms with Crippen molar-refractivity contribution >= 4 is 17.9 Å². The predicted octanol–water partition coefficient (Wildman–Crippen LogP) is 22.6. The Morgan fingerprint density at radius 2 is 0.500 bits per heavy atom. The molecule has 0 aromatic rings. The summed E-state index contributed by atoms with van der Waals surface area (Å²) in [4.78, 5) is 38.4. The molecule has 0 rings (SSSR count). The highest BCUT2D eigenvalue weighted by Gasteiger charge is 2.19. The quantitative estimate of drug-likeness (QED) is 0.0261. The van der Waals surface area contributed by atoms with E-state index in [4.69, 9.17) is 14.2 Å². The van der Waals surface area contributed by atoms with Crippen LogP contribution < -0.4 is 0 Å². The molecule has 0 aromatic carbocycles. The number of ether oxygens (including phenoxy) is 3. The van der Waals surface area contributed by atoms with Crippen molar-refractivity contribution in [2.24, 2.45) is 0 Å². The van der Waals surface area contributed by atoms with Crippen LogP contribution in [0.3, 0.4) is 0 Å². The monoisotopic (exact) mass is 1080 g/mol. The van der Waals surface area contributed by atoms with Crippen LogP contribution in [0, 0.1) is 0 Å². The van der Waals surface area contributed by atoms with Crippen molar-refractivity contribution in [1.29, 1.82) is 0 Å². The minimum absolute atomic E-state index is 0.0967. The van der Waals surface area contributed by atoms with Gasteiger partial charge in [0.15, 0.2) is 6.10 Å². The molecular weight excluding hydrogens is 961 g/mol. The zero-order valence-corrected chi connectivity index (χ0v) is 51.2. The standard InChI is InChI=1S/C72H122O6/c1-4-7-10-13-16-19-22-25-28-31-33-34-35-36-37-38-40-41-44-47-50-53-56-59-62-65-71(74)77-68-69(67-76-70(73)64-61-58-55-52-49-46-43-30-27-24-21-18-15-12-9-6-3)78-72(75)66-63-60-57-54-51-48-45-42-39-32-29-26-23-20-17-14-11-8-5-2/h8,11,17,20-22,24-26,29-31,33,39,42-43,48,51,69H,4-7,9-10,12-16,18-19,23,27-28,32,34-38,40-41,44-47,49-50,52-68H2,1-3H3/b11-8-,20-17-,24-21-,25-22-,29-26-,33-31-,42-39-,43-30-,51-48-. The summed E-state index contributed by atoms with van der Waals surface area (Å²) >= 11 is 0. The van der Waals surface area contributed by atoms with Crippen LogP contribution in [0.15, 0.2) is 109 Å². The number of unbranched alkanes of at least 4 members (excludes halogenated alkanes) is 30. The van der Waals surface area contributed by atoms with E-state index in [-0.39, 0.29) is 37.5 Å². The Bertz CT molecular complexity index is 1570. The summed E-state index contributed by atoms with van der Waals surface area (Å²) in [5.74, 6) is -0.936. The van der Waals surface area contributed by atoms with Gasteiger partial charge in [-0.2, -0.15) is 0 Å². The first kappa shape index (κ1) is 74.1. The molecule has 0 heterocycles. The second kappa shape index (κ2) is 65.6. The lowest BCUT2D eigenvalue weighted by atomic mass is 10.0. The maximum Gasteiger partial charge on any atom is 0.306 e. The van der Waals surface area contributed by atoms with Crippen LogP contribution in [-0.2, 0) is 28.6 Å². The van der Waals surface area contributed by atoms with E-state index in [1.54, 1.807) is 0 Å². The van der Waals surface area contributed by atoms with Crippen molar-refractivity contribution < 1.29 is 28.6 Å². The molecule has 446 valence electrons. The molecule has 6 heteroatoms. The second-order valence-corrected chi connectivity index (χ2v) is 21.6. The third-order valence-corrected chi connectivity index (χ3v) is 14.0. The number of esters is 3. The van der Waals surface area contributed by atoms with Gasteiger partial charge in [0.25, 0.3) is 0 Å². The molecule has 1 atom stereocenters. The van der Waals surface area contributed by atoms with E-state index in [0.29, 0.717) is 12.8 Å². The lowest BCUT2D eigenvalue weighted by Gasteiger charge is -2.18. The highest BCUT2D eigenvalue weighted by molar-refractivity contribution is 5.71. The van der Waals surface area contributed by atoms with E-state index in [1.165, 1.54) is 141 Å². The third-order valence-electron chi connectivity index (χ3n) is 14.0. The predicted molar refractivity (Wildman–Crippen MR) is 339 cm³/mol.